The largest absolute Gasteiger partial charge is 0.493 e. The van der Waals surface area contributed by atoms with Gasteiger partial charge in [-0.05, 0) is 49.6 Å². The molecule has 0 aliphatic carbocycles. The highest BCUT2D eigenvalue weighted by atomic mass is 35.5. The topological polar surface area (TPSA) is 89.7 Å². The molecule has 1 atom stereocenters. The summed E-state index contributed by atoms with van der Waals surface area (Å²) >= 11 is 6.01. The lowest BCUT2D eigenvalue weighted by Crippen LogP contribution is -2.50. The molecular formula is C21H25ClN2O4S. The van der Waals surface area contributed by atoms with Crippen molar-refractivity contribution in [3.63, 3.8) is 0 Å². The molecule has 156 valence electrons. The van der Waals surface area contributed by atoms with Crippen molar-refractivity contribution in [2.75, 3.05) is 19.7 Å². The van der Waals surface area contributed by atoms with Gasteiger partial charge in [-0.25, -0.2) is 8.42 Å². The summed E-state index contributed by atoms with van der Waals surface area (Å²) < 4.78 is 33.9. The van der Waals surface area contributed by atoms with Gasteiger partial charge in [-0.2, -0.15) is 4.31 Å². The number of carbonyl (C=O) groups is 1. The maximum absolute atomic E-state index is 13.3. The lowest BCUT2D eigenvalue weighted by molar-refractivity contribution is -0.121. The van der Waals surface area contributed by atoms with Gasteiger partial charge in [0.2, 0.25) is 15.9 Å². The van der Waals surface area contributed by atoms with E-state index in [1.807, 2.05) is 0 Å². The number of benzene rings is 2. The van der Waals surface area contributed by atoms with Crippen LogP contribution < -0.4 is 10.5 Å². The average Bonchev–Trinajstić information content (AvgIpc) is 2.66. The molecule has 2 aromatic rings. The summed E-state index contributed by atoms with van der Waals surface area (Å²) in [7, 11) is -3.68. The van der Waals surface area contributed by atoms with Crippen LogP contribution in [0.1, 0.15) is 24.8 Å². The Balaban J connectivity index is 1.85. The summed E-state index contributed by atoms with van der Waals surface area (Å²) in [6.07, 6.45) is 1.32. The maximum Gasteiger partial charge on any atom is 0.243 e. The van der Waals surface area contributed by atoms with Crippen molar-refractivity contribution in [3.8, 4) is 5.75 Å². The first-order valence-electron chi connectivity index (χ1n) is 9.44. The molecule has 8 heteroatoms. The fourth-order valence-electron chi connectivity index (χ4n) is 3.83. The van der Waals surface area contributed by atoms with Gasteiger partial charge >= 0.3 is 0 Å². The number of primary amides is 1. The molecule has 0 radical (unpaired) electrons. The van der Waals surface area contributed by atoms with E-state index in [9.17, 15) is 13.2 Å². The molecular weight excluding hydrogens is 412 g/mol. The first-order valence-corrected chi connectivity index (χ1v) is 11.3. The first-order chi connectivity index (χ1) is 13.7. The maximum atomic E-state index is 13.3. The van der Waals surface area contributed by atoms with Gasteiger partial charge in [-0.3, -0.25) is 4.79 Å². The van der Waals surface area contributed by atoms with Crippen molar-refractivity contribution in [1.29, 1.82) is 0 Å². The quantitative estimate of drug-likeness (QED) is 0.720. The average molecular weight is 437 g/mol. The molecule has 0 aromatic heterocycles. The number of amides is 1. The van der Waals surface area contributed by atoms with Crippen LogP contribution in [0.2, 0.25) is 5.02 Å². The number of nitrogens with zero attached hydrogens (tertiary/aromatic N) is 1. The van der Waals surface area contributed by atoms with Crippen molar-refractivity contribution in [2.45, 2.75) is 31.1 Å². The zero-order valence-corrected chi connectivity index (χ0v) is 17.9. The van der Waals surface area contributed by atoms with E-state index in [1.165, 1.54) is 4.31 Å². The van der Waals surface area contributed by atoms with Crippen LogP contribution in [0.4, 0.5) is 0 Å². The van der Waals surface area contributed by atoms with E-state index >= 15 is 0 Å². The van der Waals surface area contributed by atoms with Crippen LogP contribution in [0.3, 0.4) is 0 Å². The lowest BCUT2D eigenvalue weighted by atomic mass is 9.78. The van der Waals surface area contributed by atoms with Gasteiger partial charge in [-0.1, -0.05) is 35.9 Å². The lowest BCUT2D eigenvalue weighted by Gasteiger charge is -2.41. The molecule has 29 heavy (non-hydrogen) atoms. The molecule has 1 amide bonds. The number of hydrogen-bond acceptors (Lipinski definition) is 4. The fourth-order valence-corrected chi connectivity index (χ4v) is 5.83. The molecule has 6 nitrogen and oxygen atoms in total. The molecule has 0 unspecified atom stereocenters. The van der Waals surface area contributed by atoms with Gasteiger partial charge in [-0.15, -0.1) is 0 Å². The Bertz CT molecular complexity index is 996. The first kappa shape index (κ1) is 21.6. The van der Waals surface area contributed by atoms with Crippen molar-refractivity contribution < 1.29 is 17.9 Å². The molecule has 1 saturated heterocycles. The second-order valence-corrected chi connectivity index (χ2v) is 9.94. The van der Waals surface area contributed by atoms with Crippen molar-refractivity contribution in [1.82, 2.24) is 4.31 Å². The van der Waals surface area contributed by atoms with E-state index in [4.69, 9.17) is 22.1 Å². The highest BCUT2D eigenvalue weighted by molar-refractivity contribution is 7.89. The highest BCUT2D eigenvalue weighted by Crippen LogP contribution is 2.37. The fraction of sp³-hybridized carbons (Fsp3) is 0.381. The van der Waals surface area contributed by atoms with E-state index < -0.39 is 21.3 Å². The molecule has 1 fully saturated rings. The minimum atomic E-state index is -3.68. The van der Waals surface area contributed by atoms with Crippen molar-refractivity contribution in [3.05, 3.63) is 59.1 Å². The van der Waals surface area contributed by atoms with E-state index in [0.717, 1.165) is 0 Å². The Morgan fingerprint density at radius 2 is 2.00 bits per heavy atom. The Morgan fingerprint density at radius 3 is 2.69 bits per heavy atom. The number of rotatable bonds is 7. The van der Waals surface area contributed by atoms with Gasteiger partial charge in [0.1, 0.15) is 5.75 Å². The number of ether oxygens (including phenoxy) is 1. The van der Waals surface area contributed by atoms with E-state index in [1.54, 1.807) is 55.5 Å². The van der Waals surface area contributed by atoms with Crippen LogP contribution in [0, 0.1) is 12.3 Å². The van der Waals surface area contributed by atoms with Gasteiger partial charge in [0.25, 0.3) is 0 Å². The smallest absolute Gasteiger partial charge is 0.243 e. The van der Waals surface area contributed by atoms with Crippen molar-refractivity contribution in [2.24, 2.45) is 11.1 Å². The van der Waals surface area contributed by atoms with Crippen molar-refractivity contribution >= 4 is 27.5 Å². The standard InChI is InChI=1S/C21H25ClN2O4S/c1-16-6-2-3-9-19(16)29(26,27)24-11-5-10-21(14-24,13-20(23)25)15-28-18-8-4-7-17(22)12-18/h2-4,6-9,12H,5,10-11,13-15H2,1H3,(H2,23,25)/t21-/m1/s1. The summed E-state index contributed by atoms with van der Waals surface area (Å²) in [6, 6.07) is 13.9. The molecule has 3 rings (SSSR count). The second-order valence-electron chi connectivity index (χ2n) is 7.60. The number of piperidine rings is 1. The summed E-state index contributed by atoms with van der Waals surface area (Å²) in [6.45, 7) is 2.52. The van der Waals surface area contributed by atoms with E-state index in [-0.39, 0.29) is 24.5 Å². The highest BCUT2D eigenvalue weighted by Gasteiger charge is 2.42. The molecule has 0 spiro atoms. The number of nitrogens with two attached hydrogens (primary N) is 1. The number of sulfonamides is 1. The summed E-state index contributed by atoms with van der Waals surface area (Å²) in [5, 5.41) is 0.541. The normalized spacial score (nSPS) is 20.3. The van der Waals surface area contributed by atoms with Gasteiger partial charge < -0.3 is 10.5 Å². The predicted molar refractivity (Wildman–Crippen MR) is 112 cm³/mol. The van der Waals surface area contributed by atoms with Crippen LogP contribution in [-0.4, -0.2) is 38.3 Å². The zero-order valence-electron chi connectivity index (χ0n) is 16.3. The monoisotopic (exact) mass is 436 g/mol. The van der Waals surface area contributed by atoms with Crippen LogP contribution in [0.15, 0.2) is 53.4 Å². The number of hydrogen-bond donors (Lipinski definition) is 1. The number of carbonyl (C=O) groups excluding carboxylic acids is 1. The van der Waals surface area contributed by atoms with Crippen LogP contribution in [0.5, 0.6) is 5.75 Å². The predicted octanol–water partition coefficient (Wildman–Crippen LogP) is 3.37. The van der Waals surface area contributed by atoms with Gasteiger partial charge in [0, 0.05) is 29.9 Å². The molecule has 1 heterocycles. The molecule has 1 aliphatic rings. The number of halogens is 1. The summed E-state index contributed by atoms with van der Waals surface area (Å²) in [5.41, 5.74) is 5.50. The Morgan fingerprint density at radius 1 is 1.24 bits per heavy atom. The molecule has 1 aliphatic heterocycles. The number of aryl methyl sites for hydroxylation is 1. The molecule has 2 N–H and O–H groups in total. The Labute approximate surface area is 176 Å². The molecule has 0 saturated carbocycles. The van der Waals surface area contributed by atoms with Crippen LogP contribution in [0.25, 0.3) is 0 Å². The van der Waals surface area contributed by atoms with Crippen LogP contribution in [-0.2, 0) is 14.8 Å². The minimum absolute atomic E-state index is 0.0490. The van der Waals surface area contributed by atoms with Gasteiger partial charge in [0.15, 0.2) is 0 Å². The third kappa shape index (κ3) is 5.10. The zero-order chi connectivity index (χ0) is 21.1. The van der Waals surface area contributed by atoms with E-state index in [2.05, 4.69) is 0 Å². The summed E-state index contributed by atoms with van der Waals surface area (Å²) in [5.74, 6) is 0.0927. The molecule has 2 aromatic carbocycles. The second kappa shape index (κ2) is 8.73. The Hall–Kier alpha value is -2.09. The van der Waals surface area contributed by atoms with E-state index in [0.29, 0.717) is 35.7 Å². The third-order valence-electron chi connectivity index (χ3n) is 5.23. The van der Waals surface area contributed by atoms with Crippen LogP contribution >= 0.6 is 11.6 Å². The third-order valence-corrected chi connectivity index (χ3v) is 7.47. The minimum Gasteiger partial charge on any atom is -0.493 e. The molecule has 0 bridgehead atoms. The SMILES string of the molecule is Cc1ccccc1S(=O)(=O)N1CCC[C@@](COc2cccc(Cl)c2)(CC(N)=O)C1. The Kier molecular flexibility index (Phi) is 6.51. The summed E-state index contributed by atoms with van der Waals surface area (Å²) in [4.78, 5) is 12.1. The van der Waals surface area contributed by atoms with Gasteiger partial charge in [0.05, 0.1) is 11.5 Å².